The number of hydrogen-bond acceptors (Lipinski definition) is 6. The number of benzene rings is 1. The number of nitrogens with zero attached hydrogens (tertiary/aromatic N) is 3. The quantitative estimate of drug-likeness (QED) is 0.562. The maximum absolute atomic E-state index is 12.3. The van der Waals surface area contributed by atoms with Crippen LogP contribution < -0.4 is 10.9 Å². The monoisotopic (exact) mass is 396 g/mol. The van der Waals surface area contributed by atoms with Crippen LogP contribution in [0.3, 0.4) is 0 Å². The normalized spacial score (nSPS) is 11.0. The molecular formula is C19H16N4O2S2. The molecule has 0 aliphatic heterocycles. The van der Waals surface area contributed by atoms with Gasteiger partial charge >= 0.3 is 0 Å². The number of aromatic nitrogens is 3. The highest BCUT2D eigenvalue weighted by Crippen LogP contribution is 2.21. The fourth-order valence-corrected chi connectivity index (χ4v) is 4.03. The largest absolute Gasteiger partial charge is 0.351 e. The van der Waals surface area contributed by atoms with E-state index in [1.165, 1.54) is 21.9 Å². The lowest BCUT2D eigenvalue weighted by Gasteiger charge is -2.06. The molecule has 136 valence electrons. The van der Waals surface area contributed by atoms with E-state index in [9.17, 15) is 9.59 Å². The summed E-state index contributed by atoms with van der Waals surface area (Å²) in [7, 11) is 0. The molecule has 4 aromatic rings. The second-order valence-electron chi connectivity index (χ2n) is 5.99. The maximum Gasteiger partial charge on any atom is 0.271 e. The SMILES string of the molecule is Cc1nc(-c2ccc(CCNC(=O)c3cnc4sccn4c3=O)cc2)cs1. The van der Waals surface area contributed by atoms with Gasteiger partial charge in [-0.1, -0.05) is 24.3 Å². The zero-order valence-corrected chi connectivity index (χ0v) is 16.1. The molecule has 27 heavy (non-hydrogen) atoms. The van der Waals surface area contributed by atoms with E-state index >= 15 is 0 Å². The van der Waals surface area contributed by atoms with Crippen LogP contribution in [-0.2, 0) is 6.42 Å². The first-order chi connectivity index (χ1) is 13.1. The second kappa shape index (κ2) is 7.42. The summed E-state index contributed by atoms with van der Waals surface area (Å²) in [4.78, 5) is 33.8. The zero-order chi connectivity index (χ0) is 18.8. The fourth-order valence-electron chi connectivity index (χ4n) is 2.73. The molecule has 0 saturated heterocycles. The van der Waals surface area contributed by atoms with Crippen molar-refractivity contribution in [3.05, 3.63) is 73.9 Å². The van der Waals surface area contributed by atoms with Gasteiger partial charge in [-0.15, -0.1) is 22.7 Å². The molecule has 0 atom stereocenters. The lowest BCUT2D eigenvalue weighted by Crippen LogP contribution is -2.32. The molecule has 0 bridgehead atoms. The van der Waals surface area contributed by atoms with Crippen molar-refractivity contribution in [2.75, 3.05) is 6.54 Å². The Morgan fingerprint density at radius 3 is 2.78 bits per heavy atom. The standard InChI is InChI=1S/C19H16N4O2S2/c1-12-22-16(11-27-12)14-4-2-13(3-5-14)6-7-20-17(24)15-10-21-19-23(18(15)25)8-9-26-19/h2-5,8-11H,6-7H2,1H3,(H,20,24). The highest BCUT2D eigenvalue weighted by Gasteiger charge is 2.13. The second-order valence-corrected chi connectivity index (χ2v) is 7.92. The van der Waals surface area contributed by atoms with Crippen molar-refractivity contribution in [1.29, 1.82) is 0 Å². The van der Waals surface area contributed by atoms with Crippen molar-refractivity contribution in [1.82, 2.24) is 19.7 Å². The Morgan fingerprint density at radius 2 is 2.04 bits per heavy atom. The minimum atomic E-state index is -0.400. The van der Waals surface area contributed by atoms with E-state index in [1.54, 1.807) is 22.9 Å². The van der Waals surface area contributed by atoms with Crippen LogP contribution >= 0.6 is 22.7 Å². The Hall–Kier alpha value is -2.84. The predicted octanol–water partition coefficient (Wildman–Crippen LogP) is 3.16. The summed E-state index contributed by atoms with van der Waals surface area (Å²) < 4.78 is 1.39. The number of rotatable bonds is 5. The average molecular weight is 396 g/mol. The van der Waals surface area contributed by atoms with Gasteiger partial charge in [0.15, 0.2) is 4.96 Å². The molecule has 3 aromatic heterocycles. The Balaban J connectivity index is 1.38. The van der Waals surface area contributed by atoms with Crippen LogP contribution in [0.15, 0.2) is 52.2 Å². The predicted molar refractivity (Wildman–Crippen MR) is 108 cm³/mol. The molecule has 1 amide bonds. The lowest BCUT2D eigenvalue weighted by molar-refractivity contribution is 0.0952. The minimum absolute atomic E-state index is 0.0557. The highest BCUT2D eigenvalue weighted by atomic mass is 32.1. The molecule has 6 nitrogen and oxygen atoms in total. The Morgan fingerprint density at radius 1 is 1.22 bits per heavy atom. The Bertz CT molecular complexity index is 1160. The van der Waals surface area contributed by atoms with Gasteiger partial charge in [-0.05, 0) is 18.9 Å². The summed E-state index contributed by atoms with van der Waals surface area (Å²) in [5, 5.41) is 7.65. The number of thiazole rings is 2. The van der Waals surface area contributed by atoms with Gasteiger partial charge in [-0.3, -0.25) is 14.0 Å². The Kier molecular flexibility index (Phi) is 4.83. The van der Waals surface area contributed by atoms with E-state index in [2.05, 4.69) is 15.3 Å². The summed E-state index contributed by atoms with van der Waals surface area (Å²) in [6, 6.07) is 8.13. The van der Waals surface area contributed by atoms with Gasteiger partial charge in [0, 0.05) is 35.3 Å². The molecule has 0 unspecified atom stereocenters. The molecule has 0 spiro atoms. The Labute approximate surface area is 163 Å². The smallest absolute Gasteiger partial charge is 0.271 e. The molecule has 1 N–H and O–H groups in total. The van der Waals surface area contributed by atoms with Gasteiger partial charge in [0.25, 0.3) is 11.5 Å². The molecular weight excluding hydrogens is 380 g/mol. The first-order valence-corrected chi connectivity index (χ1v) is 10.1. The van der Waals surface area contributed by atoms with Crippen LogP contribution in [0.2, 0.25) is 0 Å². The van der Waals surface area contributed by atoms with E-state index in [-0.39, 0.29) is 11.1 Å². The number of nitrogens with one attached hydrogen (secondary N) is 1. The molecule has 0 radical (unpaired) electrons. The first kappa shape index (κ1) is 17.6. The fraction of sp³-hybridized carbons (Fsp3) is 0.158. The average Bonchev–Trinajstić information content (AvgIpc) is 3.32. The number of hydrogen-bond donors (Lipinski definition) is 1. The summed E-state index contributed by atoms with van der Waals surface area (Å²) in [5.41, 5.74) is 2.88. The van der Waals surface area contributed by atoms with Gasteiger partial charge in [0.1, 0.15) is 5.56 Å². The molecule has 0 aliphatic carbocycles. The molecule has 0 fully saturated rings. The molecule has 0 saturated carbocycles. The zero-order valence-electron chi connectivity index (χ0n) is 14.5. The summed E-state index contributed by atoms with van der Waals surface area (Å²) in [6.45, 7) is 2.43. The number of carbonyl (C=O) groups excluding carboxylic acids is 1. The van der Waals surface area contributed by atoms with E-state index in [1.807, 2.05) is 36.6 Å². The van der Waals surface area contributed by atoms with Gasteiger partial charge in [-0.25, -0.2) is 9.97 Å². The van der Waals surface area contributed by atoms with Crippen LogP contribution in [-0.4, -0.2) is 26.8 Å². The number of aryl methyl sites for hydroxylation is 1. The highest BCUT2D eigenvalue weighted by molar-refractivity contribution is 7.15. The molecule has 4 rings (SSSR count). The van der Waals surface area contributed by atoms with E-state index in [0.29, 0.717) is 17.9 Å². The summed E-state index contributed by atoms with van der Waals surface area (Å²) >= 11 is 2.98. The molecule has 3 heterocycles. The lowest BCUT2D eigenvalue weighted by atomic mass is 10.1. The van der Waals surface area contributed by atoms with Crippen LogP contribution in [0.1, 0.15) is 20.9 Å². The third-order valence-electron chi connectivity index (χ3n) is 4.16. The number of carbonyl (C=O) groups is 1. The van der Waals surface area contributed by atoms with Crippen molar-refractivity contribution >= 4 is 33.5 Å². The van der Waals surface area contributed by atoms with Crippen LogP contribution in [0.25, 0.3) is 16.2 Å². The van der Waals surface area contributed by atoms with Crippen molar-refractivity contribution in [2.45, 2.75) is 13.3 Å². The first-order valence-electron chi connectivity index (χ1n) is 8.36. The van der Waals surface area contributed by atoms with Crippen molar-refractivity contribution in [3.63, 3.8) is 0 Å². The van der Waals surface area contributed by atoms with E-state index in [4.69, 9.17) is 0 Å². The van der Waals surface area contributed by atoms with Gasteiger partial charge < -0.3 is 5.32 Å². The van der Waals surface area contributed by atoms with Gasteiger partial charge in [0.05, 0.1) is 10.7 Å². The van der Waals surface area contributed by atoms with Gasteiger partial charge in [0.2, 0.25) is 0 Å². The van der Waals surface area contributed by atoms with Crippen molar-refractivity contribution < 1.29 is 4.79 Å². The van der Waals surface area contributed by atoms with Crippen LogP contribution in [0.5, 0.6) is 0 Å². The van der Waals surface area contributed by atoms with Crippen molar-refractivity contribution in [2.24, 2.45) is 0 Å². The minimum Gasteiger partial charge on any atom is -0.351 e. The number of fused-ring (bicyclic) bond motifs is 1. The van der Waals surface area contributed by atoms with Gasteiger partial charge in [-0.2, -0.15) is 0 Å². The van der Waals surface area contributed by atoms with Crippen LogP contribution in [0.4, 0.5) is 0 Å². The maximum atomic E-state index is 12.3. The number of amides is 1. The van der Waals surface area contributed by atoms with Crippen molar-refractivity contribution in [3.8, 4) is 11.3 Å². The third-order valence-corrected chi connectivity index (χ3v) is 5.70. The topological polar surface area (TPSA) is 76.4 Å². The van der Waals surface area contributed by atoms with E-state index in [0.717, 1.165) is 21.8 Å². The molecule has 1 aromatic carbocycles. The molecule has 0 aliphatic rings. The summed E-state index contributed by atoms with van der Waals surface area (Å²) in [5.74, 6) is -0.400. The van der Waals surface area contributed by atoms with Crippen LogP contribution in [0, 0.1) is 6.92 Å². The molecule has 8 heteroatoms. The van der Waals surface area contributed by atoms with E-state index < -0.39 is 5.91 Å². The summed E-state index contributed by atoms with van der Waals surface area (Å²) in [6.07, 6.45) is 3.64. The third kappa shape index (κ3) is 3.67.